The molecule has 0 spiro atoms. The molecule has 0 aliphatic heterocycles. The minimum absolute atomic E-state index is 0.00198. The van der Waals surface area contributed by atoms with E-state index in [-0.39, 0.29) is 5.91 Å². The Balaban J connectivity index is 1.19. The van der Waals surface area contributed by atoms with E-state index in [2.05, 4.69) is 107 Å². The normalized spacial score (nSPS) is 11.6. The smallest absolute Gasteiger partial charge is 0.0368 e. The first-order valence-electron chi connectivity index (χ1n) is 15.2. The maximum Gasteiger partial charge on any atom is -0.0368 e. The molecule has 0 bridgehead atoms. The number of amides is 1. The Morgan fingerprint density at radius 3 is 1.46 bits per heavy atom. The first kappa shape index (κ1) is 30.5. The van der Waals surface area contributed by atoms with Crippen molar-refractivity contribution in [3.05, 3.63) is 121 Å². The molecule has 0 aliphatic carbocycles. The van der Waals surface area contributed by atoms with Gasteiger partial charge >= 0.3 is 189 Å². The Hall–Kier alpha value is -3.46. The van der Waals surface area contributed by atoms with Crippen molar-refractivity contribution in [3.63, 3.8) is 0 Å². The van der Waals surface area contributed by atoms with E-state index in [1.165, 1.54) is 60.6 Å². The van der Waals surface area contributed by atoms with E-state index in [1.807, 2.05) is 31.3 Å². The maximum atomic E-state index is 12.3. The number of unbranched alkanes of at least 4 members (excludes halogenated alkanes) is 7. The summed E-state index contributed by atoms with van der Waals surface area (Å²) in [6.07, 6.45) is 11.0. The fourth-order valence-electron chi connectivity index (χ4n) is 5.83. The molecule has 0 unspecified atom stereocenters. The summed E-state index contributed by atoms with van der Waals surface area (Å²) in [4.78, 5) is 12.3. The Kier molecular flexibility index (Phi) is 12.4. The molecule has 4 nitrogen and oxygen atoms in total. The van der Waals surface area contributed by atoms with Gasteiger partial charge in [-0.2, -0.15) is 0 Å². The fourth-order valence-corrected chi connectivity index (χ4v) is 10.8. The Morgan fingerprint density at radius 1 is 0.561 bits per heavy atom. The largest absolute Gasteiger partial charge is 0.0474 e. The van der Waals surface area contributed by atoms with Crippen LogP contribution in [0.4, 0.5) is 5.69 Å². The van der Waals surface area contributed by atoms with E-state index in [1.54, 1.807) is 0 Å². The van der Waals surface area contributed by atoms with Crippen molar-refractivity contribution in [2.24, 2.45) is 0 Å². The summed E-state index contributed by atoms with van der Waals surface area (Å²) in [7, 11) is -0.278. The molecule has 216 valence electrons. The van der Waals surface area contributed by atoms with Gasteiger partial charge < -0.3 is 5.43 Å². The molecule has 4 aromatic rings. The molecule has 5 heteroatoms. The molecule has 0 fully saturated rings. The van der Waals surface area contributed by atoms with Gasteiger partial charge in [0.1, 0.15) is 0 Å². The van der Waals surface area contributed by atoms with Crippen molar-refractivity contribution < 1.29 is 4.79 Å². The van der Waals surface area contributed by atoms with Crippen LogP contribution in [-0.4, -0.2) is 25.7 Å². The summed E-state index contributed by atoms with van der Waals surface area (Å²) in [5.41, 5.74) is 7.53. The van der Waals surface area contributed by atoms with E-state index >= 15 is 0 Å². The van der Waals surface area contributed by atoms with E-state index in [0.717, 1.165) is 25.1 Å². The fraction of sp³-hybridized carbons (Fsp3) is 0.306. The van der Waals surface area contributed by atoms with E-state index in [9.17, 15) is 4.79 Å². The van der Waals surface area contributed by atoms with Crippen LogP contribution < -0.4 is 32.1 Å². The van der Waals surface area contributed by atoms with Gasteiger partial charge in [0.15, 0.2) is 0 Å². The van der Waals surface area contributed by atoms with Gasteiger partial charge in [0, 0.05) is 18.3 Å². The van der Waals surface area contributed by atoms with Crippen LogP contribution in [0, 0.1) is 0 Å². The molecule has 4 rings (SSSR count). The minimum Gasteiger partial charge on any atom is -0.0474 e. The van der Waals surface area contributed by atoms with Crippen molar-refractivity contribution in [1.82, 2.24) is 10.7 Å². The van der Waals surface area contributed by atoms with Crippen molar-refractivity contribution in [2.45, 2.75) is 51.4 Å². The summed E-state index contributed by atoms with van der Waals surface area (Å²) < 4.78 is 0. The van der Waals surface area contributed by atoms with Gasteiger partial charge in [0.05, 0.1) is 0 Å². The molecule has 0 atom stereocenters. The van der Waals surface area contributed by atoms with Crippen LogP contribution in [-0.2, 0) is 0 Å². The van der Waals surface area contributed by atoms with Crippen LogP contribution in [0.2, 0.25) is 0 Å². The number of hydrogen-bond donors (Lipinski definition) is 3. The van der Waals surface area contributed by atoms with Crippen molar-refractivity contribution in [2.75, 3.05) is 25.2 Å². The summed E-state index contributed by atoms with van der Waals surface area (Å²) in [5, 5.41) is 7.57. The minimum atomic E-state index is -2.10. The predicted octanol–water partition coefficient (Wildman–Crippen LogP) is 6.81. The molecule has 0 saturated heterocycles. The van der Waals surface area contributed by atoms with Crippen molar-refractivity contribution in [1.29, 1.82) is 0 Å². The second-order valence-corrected chi connectivity index (χ2v) is 14.8. The monoisotopic (exact) mass is 567 g/mol. The predicted molar refractivity (Wildman–Crippen MR) is 180 cm³/mol. The second kappa shape index (κ2) is 16.7. The molecule has 0 aliphatic rings. The number of anilines is 1. The van der Waals surface area contributed by atoms with Gasteiger partial charge in [-0.3, -0.25) is 4.79 Å². The third-order valence-electron chi connectivity index (χ3n) is 7.98. The SMILES string of the molecule is CNNc1ccc(C(=O)NCCCCCCCCCC[PH](c2ccccc2)(c2ccccc2)c2ccccc2)cc1. The summed E-state index contributed by atoms with van der Waals surface area (Å²) in [6, 6.07) is 41.2. The molecule has 3 N–H and O–H groups in total. The standard InChI is InChI=1S/C36H46N3OP/c1-37-39-32-27-25-31(26-28-32)36(40)38-29-17-6-4-2-3-5-7-18-30-41(33-19-11-8-12-20-33,34-21-13-9-14-22-34)35-23-15-10-16-24-35/h8-16,19-28,37,39,41H,2-7,17-18,29-30H2,1H3,(H,38,40). The number of carbonyl (C=O) groups excluding carboxylic acids is 1. The average Bonchev–Trinajstić information content (AvgIpc) is 3.03. The van der Waals surface area contributed by atoms with Crippen LogP contribution in [0.3, 0.4) is 0 Å². The first-order chi connectivity index (χ1) is 20.2. The van der Waals surface area contributed by atoms with Crippen LogP contribution in [0.5, 0.6) is 0 Å². The van der Waals surface area contributed by atoms with Crippen LogP contribution in [0.15, 0.2) is 115 Å². The van der Waals surface area contributed by atoms with E-state index in [4.69, 9.17) is 0 Å². The Morgan fingerprint density at radius 2 is 1.00 bits per heavy atom. The third-order valence-corrected chi connectivity index (χ3v) is 13.0. The van der Waals surface area contributed by atoms with E-state index < -0.39 is 7.26 Å². The summed E-state index contributed by atoms with van der Waals surface area (Å²) >= 11 is 0. The van der Waals surface area contributed by atoms with Gasteiger partial charge in [-0.1, -0.05) is 0 Å². The molecule has 0 radical (unpaired) electrons. The average molecular weight is 568 g/mol. The second-order valence-electron chi connectivity index (χ2n) is 10.8. The third kappa shape index (κ3) is 8.76. The maximum absolute atomic E-state index is 12.3. The molecule has 0 heterocycles. The number of benzene rings is 4. The molecule has 0 saturated carbocycles. The van der Waals surface area contributed by atoms with Crippen molar-refractivity contribution >= 4 is 34.8 Å². The number of rotatable bonds is 17. The zero-order chi connectivity index (χ0) is 28.6. The molecular formula is C36H46N3OP. The number of hydrazine groups is 1. The molecule has 1 amide bonds. The zero-order valence-electron chi connectivity index (χ0n) is 24.4. The molecule has 0 aromatic heterocycles. The zero-order valence-corrected chi connectivity index (χ0v) is 25.4. The summed E-state index contributed by atoms with van der Waals surface area (Å²) in [6.45, 7) is 0.737. The van der Waals surface area contributed by atoms with Gasteiger partial charge in [-0.05, 0) is 24.3 Å². The molecular weight excluding hydrogens is 521 g/mol. The van der Waals surface area contributed by atoms with Crippen LogP contribution in [0.1, 0.15) is 61.7 Å². The number of carbonyl (C=O) groups is 1. The van der Waals surface area contributed by atoms with Gasteiger partial charge in [-0.15, -0.1) is 0 Å². The van der Waals surface area contributed by atoms with Gasteiger partial charge in [-0.25, -0.2) is 5.43 Å². The Bertz CT molecular complexity index is 1180. The van der Waals surface area contributed by atoms with E-state index in [0.29, 0.717) is 5.56 Å². The van der Waals surface area contributed by atoms with Gasteiger partial charge in [0.2, 0.25) is 0 Å². The van der Waals surface area contributed by atoms with Crippen molar-refractivity contribution in [3.8, 4) is 0 Å². The van der Waals surface area contributed by atoms with Crippen LogP contribution >= 0.6 is 7.26 Å². The number of nitrogens with one attached hydrogen (secondary N) is 3. The first-order valence-corrected chi connectivity index (χ1v) is 17.4. The van der Waals surface area contributed by atoms with Gasteiger partial charge in [0.25, 0.3) is 0 Å². The summed E-state index contributed by atoms with van der Waals surface area (Å²) in [5.74, 6) is 0.00198. The number of hydrogen-bond acceptors (Lipinski definition) is 3. The topological polar surface area (TPSA) is 53.2 Å². The molecule has 4 aromatic carbocycles. The molecule has 41 heavy (non-hydrogen) atoms. The quantitative estimate of drug-likeness (QED) is 0.0747. The van der Waals surface area contributed by atoms with Crippen LogP contribution in [0.25, 0.3) is 0 Å². The Labute approximate surface area is 247 Å².